The van der Waals surface area contributed by atoms with E-state index >= 15 is 0 Å². The van der Waals surface area contributed by atoms with Crippen molar-refractivity contribution in [3.05, 3.63) is 113 Å². The van der Waals surface area contributed by atoms with Gasteiger partial charge in [-0.2, -0.15) is 0 Å². The summed E-state index contributed by atoms with van der Waals surface area (Å²) >= 11 is 0. The summed E-state index contributed by atoms with van der Waals surface area (Å²) in [5.74, 6) is 0.351. The number of hydrogen-bond acceptors (Lipinski definition) is 6. The van der Waals surface area contributed by atoms with Crippen molar-refractivity contribution in [3.63, 3.8) is 0 Å². The van der Waals surface area contributed by atoms with Crippen molar-refractivity contribution in [2.24, 2.45) is 0 Å². The number of non-ortho nitro benzene ring substituents is 1. The lowest BCUT2D eigenvalue weighted by Gasteiger charge is -2.08. The van der Waals surface area contributed by atoms with Gasteiger partial charge in [-0.1, -0.05) is 30.3 Å². The minimum Gasteiger partial charge on any atom is -0.340 e. The Morgan fingerprint density at radius 3 is 2.27 bits per heavy atom. The van der Waals surface area contributed by atoms with Crippen molar-refractivity contribution >= 4 is 34.9 Å². The molecular formula is C25H19N5O3. The van der Waals surface area contributed by atoms with Gasteiger partial charge in [0.1, 0.15) is 12.1 Å². The summed E-state index contributed by atoms with van der Waals surface area (Å²) in [7, 11) is 0. The number of nitrogens with zero attached hydrogens (tertiary/aromatic N) is 3. The molecule has 0 aliphatic heterocycles. The molecule has 0 atom stereocenters. The van der Waals surface area contributed by atoms with Gasteiger partial charge in [0.25, 0.3) is 5.69 Å². The first-order valence-corrected chi connectivity index (χ1v) is 10.0. The number of amides is 1. The van der Waals surface area contributed by atoms with Crippen LogP contribution in [0, 0.1) is 10.1 Å². The predicted molar refractivity (Wildman–Crippen MR) is 128 cm³/mol. The maximum Gasteiger partial charge on any atom is 0.269 e. The second kappa shape index (κ2) is 9.97. The zero-order valence-electron chi connectivity index (χ0n) is 17.4. The molecule has 0 unspecified atom stereocenters. The van der Waals surface area contributed by atoms with E-state index in [1.54, 1.807) is 30.3 Å². The Bertz CT molecular complexity index is 1290. The molecule has 33 heavy (non-hydrogen) atoms. The summed E-state index contributed by atoms with van der Waals surface area (Å²) in [6.45, 7) is 0. The first kappa shape index (κ1) is 21.4. The fourth-order valence-electron chi connectivity index (χ4n) is 3.04. The van der Waals surface area contributed by atoms with Gasteiger partial charge in [0.15, 0.2) is 0 Å². The van der Waals surface area contributed by atoms with Crippen molar-refractivity contribution in [1.82, 2.24) is 9.97 Å². The SMILES string of the molecule is O=C(/C=C/c1ccc([N+](=O)[O-])cc1)Nc1ccc(Nc2cc(-c3ccccc3)ncn2)cc1. The fraction of sp³-hybridized carbons (Fsp3) is 0. The zero-order chi connectivity index (χ0) is 23.0. The Morgan fingerprint density at radius 2 is 1.58 bits per heavy atom. The van der Waals surface area contributed by atoms with Gasteiger partial charge in [-0.3, -0.25) is 14.9 Å². The molecule has 1 aromatic heterocycles. The highest BCUT2D eigenvalue weighted by Gasteiger charge is 2.04. The summed E-state index contributed by atoms with van der Waals surface area (Å²) in [6.07, 6.45) is 4.48. The molecule has 4 aromatic rings. The smallest absolute Gasteiger partial charge is 0.269 e. The molecule has 0 bridgehead atoms. The largest absolute Gasteiger partial charge is 0.340 e. The van der Waals surface area contributed by atoms with Crippen LogP contribution in [0.15, 0.2) is 97.3 Å². The van der Waals surface area contributed by atoms with Gasteiger partial charge in [0.05, 0.1) is 10.6 Å². The van der Waals surface area contributed by atoms with Crippen LogP contribution in [0.2, 0.25) is 0 Å². The molecular weight excluding hydrogens is 418 g/mol. The first-order valence-electron chi connectivity index (χ1n) is 10.0. The second-order valence-electron chi connectivity index (χ2n) is 7.03. The molecule has 8 heteroatoms. The number of carbonyl (C=O) groups is 1. The van der Waals surface area contributed by atoms with Crippen molar-refractivity contribution in [3.8, 4) is 11.3 Å². The minimum absolute atomic E-state index is 0.00329. The van der Waals surface area contributed by atoms with Crippen molar-refractivity contribution in [1.29, 1.82) is 0 Å². The number of anilines is 3. The topological polar surface area (TPSA) is 110 Å². The molecule has 0 radical (unpaired) electrons. The second-order valence-corrected chi connectivity index (χ2v) is 7.03. The third-order valence-corrected chi connectivity index (χ3v) is 4.69. The molecule has 2 N–H and O–H groups in total. The molecule has 0 fully saturated rings. The van der Waals surface area contributed by atoms with E-state index in [-0.39, 0.29) is 11.6 Å². The van der Waals surface area contributed by atoms with E-state index in [2.05, 4.69) is 20.6 Å². The number of benzene rings is 3. The molecule has 3 aromatic carbocycles. The number of nitrogens with one attached hydrogen (secondary N) is 2. The molecule has 0 saturated heterocycles. The van der Waals surface area contributed by atoms with E-state index in [4.69, 9.17) is 0 Å². The lowest BCUT2D eigenvalue weighted by molar-refractivity contribution is -0.384. The van der Waals surface area contributed by atoms with E-state index in [1.807, 2.05) is 48.5 Å². The minimum atomic E-state index is -0.467. The van der Waals surface area contributed by atoms with Crippen LogP contribution in [-0.2, 0) is 4.79 Å². The first-order chi connectivity index (χ1) is 16.1. The van der Waals surface area contributed by atoms with Gasteiger partial charge < -0.3 is 10.6 Å². The standard InChI is InChI=1S/C25H19N5O3/c31-25(15-8-18-6-13-22(14-7-18)30(32)33)29-21-11-9-20(10-12-21)28-24-16-23(26-17-27-24)19-4-2-1-3-5-19/h1-17H,(H,29,31)(H,26,27,28)/b15-8+. The molecule has 8 nitrogen and oxygen atoms in total. The Labute approximate surface area is 189 Å². The third-order valence-electron chi connectivity index (χ3n) is 4.69. The van der Waals surface area contributed by atoms with Gasteiger partial charge >= 0.3 is 0 Å². The number of carbonyl (C=O) groups excluding carboxylic acids is 1. The molecule has 0 aliphatic carbocycles. The van der Waals surface area contributed by atoms with Crippen LogP contribution in [0.4, 0.5) is 22.9 Å². The number of rotatable bonds is 7. The Kier molecular flexibility index (Phi) is 6.46. The maximum atomic E-state index is 12.2. The quantitative estimate of drug-likeness (QED) is 0.226. The van der Waals surface area contributed by atoms with E-state index in [0.29, 0.717) is 17.1 Å². The normalized spacial score (nSPS) is 10.7. The summed E-state index contributed by atoms with van der Waals surface area (Å²) in [5, 5.41) is 16.7. The molecule has 4 rings (SSSR count). The van der Waals surface area contributed by atoms with Crippen LogP contribution >= 0.6 is 0 Å². The van der Waals surface area contributed by atoms with Crippen molar-refractivity contribution in [2.45, 2.75) is 0 Å². The van der Waals surface area contributed by atoms with Crippen LogP contribution < -0.4 is 10.6 Å². The number of aromatic nitrogens is 2. The highest BCUT2D eigenvalue weighted by atomic mass is 16.6. The Hall–Kier alpha value is -4.85. The van der Waals surface area contributed by atoms with Crippen LogP contribution in [0.3, 0.4) is 0 Å². The summed E-state index contributed by atoms with van der Waals surface area (Å²) in [5.41, 5.74) is 3.96. The summed E-state index contributed by atoms with van der Waals surface area (Å²) in [4.78, 5) is 31.0. The predicted octanol–water partition coefficient (Wildman–Crippen LogP) is 5.45. The molecule has 1 amide bonds. The van der Waals surface area contributed by atoms with Gasteiger partial charge in [0.2, 0.25) is 5.91 Å². The van der Waals surface area contributed by atoms with Gasteiger partial charge in [-0.05, 0) is 48.0 Å². The van der Waals surface area contributed by atoms with Gasteiger partial charge in [0, 0.05) is 41.2 Å². The molecule has 0 saturated carbocycles. The van der Waals surface area contributed by atoms with Gasteiger partial charge in [-0.25, -0.2) is 9.97 Å². The van der Waals surface area contributed by atoms with E-state index in [1.165, 1.54) is 24.5 Å². The Balaban J connectivity index is 1.35. The van der Waals surface area contributed by atoms with Crippen LogP contribution in [0.1, 0.15) is 5.56 Å². The highest BCUT2D eigenvalue weighted by molar-refractivity contribution is 6.02. The van der Waals surface area contributed by atoms with Crippen molar-refractivity contribution < 1.29 is 9.72 Å². The number of nitro benzene ring substituents is 1. The molecule has 0 aliphatic rings. The van der Waals surface area contributed by atoms with E-state index in [9.17, 15) is 14.9 Å². The maximum absolute atomic E-state index is 12.2. The van der Waals surface area contributed by atoms with E-state index < -0.39 is 4.92 Å². The monoisotopic (exact) mass is 437 g/mol. The van der Waals surface area contributed by atoms with Crippen molar-refractivity contribution in [2.75, 3.05) is 10.6 Å². The summed E-state index contributed by atoms with van der Waals surface area (Å²) < 4.78 is 0. The van der Waals surface area contributed by atoms with Crippen LogP contribution in [0.25, 0.3) is 17.3 Å². The van der Waals surface area contributed by atoms with E-state index in [0.717, 1.165) is 16.9 Å². The third kappa shape index (κ3) is 5.86. The molecule has 0 spiro atoms. The zero-order valence-corrected chi connectivity index (χ0v) is 17.4. The summed E-state index contributed by atoms with van der Waals surface area (Å²) in [6, 6.07) is 24.9. The fourth-order valence-corrected chi connectivity index (χ4v) is 3.04. The van der Waals surface area contributed by atoms with Crippen LogP contribution in [-0.4, -0.2) is 20.8 Å². The number of nitro groups is 1. The highest BCUT2D eigenvalue weighted by Crippen LogP contribution is 2.22. The van der Waals surface area contributed by atoms with Crippen LogP contribution in [0.5, 0.6) is 0 Å². The number of hydrogen-bond donors (Lipinski definition) is 2. The molecule has 1 heterocycles. The average Bonchev–Trinajstić information content (AvgIpc) is 2.85. The Morgan fingerprint density at radius 1 is 0.879 bits per heavy atom. The molecule has 162 valence electrons. The lowest BCUT2D eigenvalue weighted by atomic mass is 10.1. The lowest BCUT2D eigenvalue weighted by Crippen LogP contribution is -2.07. The average molecular weight is 437 g/mol. The van der Waals surface area contributed by atoms with Gasteiger partial charge in [-0.15, -0.1) is 0 Å².